The number of carbonyl (C=O) groups is 1. The molecular formula is C19H23N3O4. The SMILES string of the molecule is CC(c1cccc([N+](=O)[O-])c1)N(C)CC(=O)NCCOc1ccccc1. The van der Waals surface area contributed by atoms with Gasteiger partial charge in [-0.1, -0.05) is 30.3 Å². The second kappa shape index (κ2) is 9.53. The maximum absolute atomic E-state index is 12.1. The lowest BCUT2D eigenvalue weighted by Gasteiger charge is -2.24. The molecule has 0 fully saturated rings. The van der Waals surface area contributed by atoms with Crippen molar-refractivity contribution in [1.82, 2.24) is 10.2 Å². The van der Waals surface area contributed by atoms with E-state index in [9.17, 15) is 14.9 Å². The highest BCUT2D eigenvalue weighted by Gasteiger charge is 2.17. The summed E-state index contributed by atoms with van der Waals surface area (Å²) in [6.07, 6.45) is 0. The van der Waals surface area contributed by atoms with E-state index in [0.717, 1.165) is 11.3 Å². The second-order valence-corrected chi connectivity index (χ2v) is 5.95. The molecule has 1 unspecified atom stereocenters. The standard InChI is InChI=1S/C19H23N3O4/c1-15(16-7-6-8-17(13-16)22(24)25)21(2)14-19(23)20-11-12-26-18-9-4-3-5-10-18/h3-10,13,15H,11-12,14H2,1-2H3,(H,20,23). The van der Waals surface area contributed by atoms with E-state index in [0.29, 0.717) is 13.2 Å². The number of nitrogens with one attached hydrogen (secondary N) is 1. The number of carbonyl (C=O) groups excluding carboxylic acids is 1. The van der Waals surface area contributed by atoms with Crippen molar-refractivity contribution >= 4 is 11.6 Å². The summed E-state index contributed by atoms with van der Waals surface area (Å²) in [5.74, 6) is 0.639. The number of likely N-dealkylation sites (N-methyl/N-ethyl adjacent to an activating group) is 1. The van der Waals surface area contributed by atoms with Gasteiger partial charge in [0.1, 0.15) is 12.4 Å². The van der Waals surface area contributed by atoms with Crippen LogP contribution in [-0.2, 0) is 4.79 Å². The summed E-state index contributed by atoms with van der Waals surface area (Å²) in [6.45, 7) is 2.90. The quantitative estimate of drug-likeness (QED) is 0.424. The Morgan fingerprint density at radius 1 is 1.23 bits per heavy atom. The molecular weight excluding hydrogens is 334 g/mol. The van der Waals surface area contributed by atoms with E-state index >= 15 is 0 Å². The van der Waals surface area contributed by atoms with Crippen molar-refractivity contribution in [2.45, 2.75) is 13.0 Å². The Morgan fingerprint density at radius 2 is 1.96 bits per heavy atom. The van der Waals surface area contributed by atoms with Gasteiger partial charge in [-0.25, -0.2) is 0 Å². The minimum Gasteiger partial charge on any atom is -0.492 e. The van der Waals surface area contributed by atoms with Gasteiger partial charge in [0.05, 0.1) is 18.0 Å². The van der Waals surface area contributed by atoms with Gasteiger partial charge < -0.3 is 10.1 Å². The van der Waals surface area contributed by atoms with Crippen molar-refractivity contribution < 1.29 is 14.5 Å². The van der Waals surface area contributed by atoms with E-state index in [-0.39, 0.29) is 24.2 Å². The molecule has 0 aliphatic heterocycles. The van der Waals surface area contributed by atoms with Crippen LogP contribution < -0.4 is 10.1 Å². The van der Waals surface area contributed by atoms with Crippen molar-refractivity contribution in [3.8, 4) is 5.75 Å². The van der Waals surface area contributed by atoms with Gasteiger partial charge in [0.2, 0.25) is 5.91 Å². The lowest BCUT2D eigenvalue weighted by atomic mass is 10.1. The molecule has 0 radical (unpaired) electrons. The van der Waals surface area contributed by atoms with Crippen molar-refractivity contribution in [3.63, 3.8) is 0 Å². The smallest absolute Gasteiger partial charge is 0.269 e. The summed E-state index contributed by atoms with van der Waals surface area (Å²) in [6, 6.07) is 15.7. The highest BCUT2D eigenvalue weighted by atomic mass is 16.6. The minimum absolute atomic E-state index is 0.0465. The normalized spacial score (nSPS) is 11.8. The number of benzene rings is 2. The summed E-state index contributed by atoms with van der Waals surface area (Å²) in [4.78, 5) is 24.4. The molecule has 0 aliphatic carbocycles. The number of nitro groups is 1. The predicted molar refractivity (Wildman–Crippen MR) is 99.1 cm³/mol. The van der Waals surface area contributed by atoms with Gasteiger partial charge >= 0.3 is 0 Å². The summed E-state index contributed by atoms with van der Waals surface area (Å²) in [7, 11) is 1.81. The fourth-order valence-corrected chi connectivity index (χ4v) is 2.45. The number of nitro benzene ring substituents is 1. The number of rotatable bonds is 9. The number of hydrogen-bond donors (Lipinski definition) is 1. The zero-order valence-corrected chi connectivity index (χ0v) is 14.9. The lowest BCUT2D eigenvalue weighted by molar-refractivity contribution is -0.384. The molecule has 7 nitrogen and oxygen atoms in total. The number of non-ortho nitro benzene ring substituents is 1. The third-order valence-corrected chi connectivity index (χ3v) is 4.05. The van der Waals surface area contributed by atoms with Gasteiger partial charge in [0.15, 0.2) is 0 Å². The van der Waals surface area contributed by atoms with Crippen LogP contribution in [0.5, 0.6) is 5.75 Å². The van der Waals surface area contributed by atoms with Gasteiger partial charge in [0.25, 0.3) is 5.69 Å². The Morgan fingerprint density at radius 3 is 2.65 bits per heavy atom. The number of nitrogens with zero attached hydrogens (tertiary/aromatic N) is 2. The van der Waals surface area contributed by atoms with Crippen molar-refractivity contribution in [1.29, 1.82) is 0 Å². The molecule has 0 heterocycles. The molecule has 0 aliphatic rings. The second-order valence-electron chi connectivity index (χ2n) is 5.95. The fourth-order valence-electron chi connectivity index (χ4n) is 2.45. The van der Waals surface area contributed by atoms with Gasteiger partial charge in [0, 0.05) is 18.2 Å². The first-order valence-electron chi connectivity index (χ1n) is 8.36. The monoisotopic (exact) mass is 357 g/mol. The number of ether oxygens (including phenoxy) is 1. The molecule has 7 heteroatoms. The van der Waals surface area contributed by atoms with Gasteiger partial charge in [-0.15, -0.1) is 0 Å². The molecule has 1 atom stereocenters. The van der Waals surface area contributed by atoms with Crippen LogP contribution in [0.4, 0.5) is 5.69 Å². The molecule has 0 saturated heterocycles. The van der Waals surface area contributed by atoms with Gasteiger partial charge in [-0.05, 0) is 31.7 Å². The average Bonchev–Trinajstić information content (AvgIpc) is 2.65. The Hall–Kier alpha value is -2.93. The molecule has 0 bridgehead atoms. The first kappa shape index (κ1) is 19.4. The molecule has 2 rings (SSSR count). The van der Waals surface area contributed by atoms with E-state index in [1.54, 1.807) is 6.07 Å². The van der Waals surface area contributed by atoms with Crippen LogP contribution in [0, 0.1) is 10.1 Å². The molecule has 2 aromatic carbocycles. The van der Waals surface area contributed by atoms with E-state index in [2.05, 4.69) is 5.32 Å². The zero-order valence-electron chi connectivity index (χ0n) is 14.9. The van der Waals surface area contributed by atoms with Crippen LogP contribution in [-0.4, -0.2) is 42.5 Å². The van der Waals surface area contributed by atoms with Crippen LogP contribution in [0.1, 0.15) is 18.5 Å². The largest absolute Gasteiger partial charge is 0.492 e. The molecule has 26 heavy (non-hydrogen) atoms. The number of amides is 1. The summed E-state index contributed by atoms with van der Waals surface area (Å²) >= 11 is 0. The Labute approximate surface area is 152 Å². The molecule has 0 aromatic heterocycles. The zero-order chi connectivity index (χ0) is 18.9. The number of hydrogen-bond acceptors (Lipinski definition) is 5. The highest BCUT2D eigenvalue weighted by molar-refractivity contribution is 5.78. The summed E-state index contributed by atoms with van der Waals surface area (Å²) in [5.41, 5.74) is 0.840. The molecule has 2 aromatic rings. The van der Waals surface area contributed by atoms with Gasteiger partial charge in [-0.2, -0.15) is 0 Å². The molecule has 138 valence electrons. The highest BCUT2D eigenvalue weighted by Crippen LogP contribution is 2.22. The summed E-state index contributed by atoms with van der Waals surface area (Å²) in [5, 5.41) is 13.7. The van der Waals surface area contributed by atoms with E-state index in [4.69, 9.17) is 4.74 Å². The third-order valence-electron chi connectivity index (χ3n) is 4.05. The lowest BCUT2D eigenvalue weighted by Crippen LogP contribution is -2.38. The summed E-state index contributed by atoms with van der Waals surface area (Å²) < 4.78 is 5.52. The topological polar surface area (TPSA) is 84.7 Å². The Kier molecular flexibility index (Phi) is 7.11. The van der Waals surface area contributed by atoms with E-state index in [1.807, 2.05) is 55.3 Å². The molecule has 0 saturated carbocycles. The molecule has 1 N–H and O–H groups in total. The number of para-hydroxylation sites is 1. The van der Waals surface area contributed by atoms with Gasteiger partial charge in [-0.3, -0.25) is 19.8 Å². The maximum atomic E-state index is 12.1. The predicted octanol–water partition coefficient (Wildman–Crippen LogP) is 2.78. The van der Waals surface area contributed by atoms with Crippen molar-refractivity contribution in [2.24, 2.45) is 0 Å². The van der Waals surface area contributed by atoms with Crippen LogP contribution >= 0.6 is 0 Å². The molecule has 1 amide bonds. The maximum Gasteiger partial charge on any atom is 0.269 e. The Bertz CT molecular complexity index is 737. The van der Waals surface area contributed by atoms with Crippen LogP contribution in [0.15, 0.2) is 54.6 Å². The third kappa shape index (κ3) is 5.86. The van der Waals surface area contributed by atoms with E-state index in [1.165, 1.54) is 12.1 Å². The first-order valence-corrected chi connectivity index (χ1v) is 8.36. The van der Waals surface area contributed by atoms with Crippen LogP contribution in [0.25, 0.3) is 0 Å². The van der Waals surface area contributed by atoms with Crippen molar-refractivity contribution in [2.75, 3.05) is 26.7 Å². The Balaban J connectivity index is 1.77. The molecule has 0 spiro atoms. The first-order chi connectivity index (χ1) is 12.5. The van der Waals surface area contributed by atoms with E-state index < -0.39 is 4.92 Å². The van der Waals surface area contributed by atoms with Crippen LogP contribution in [0.2, 0.25) is 0 Å². The fraction of sp³-hybridized carbons (Fsp3) is 0.316. The average molecular weight is 357 g/mol. The minimum atomic E-state index is -0.421. The van der Waals surface area contributed by atoms with Crippen molar-refractivity contribution in [3.05, 3.63) is 70.3 Å². The van der Waals surface area contributed by atoms with Crippen LogP contribution in [0.3, 0.4) is 0 Å².